The van der Waals surface area contributed by atoms with Gasteiger partial charge in [0.1, 0.15) is 11.4 Å². The lowest BCUT2D eigenvalue weighted by molar-refractivity contribution is 0.513. The van der Waals surface area contributed by atoms with E-state index in [1.54, 1.807) is 11.8 Å². The summed E-state index contributed by atoms with van der Waals surface area (Å²) in [5.74, 6) is 1.85. The van der Waals surface area contributed by atoms with E-state index in [2.05, 4.69) is 177 Å². The third-order valence-corrected chi connectivity index (χ3v) is 9.66. The molecule has 47 heavy (non-hydrogen) atoms. The van der Waals surface area contributed by atoms with E-state index < -0.39 is 5.54 Å². The van der Waals surface area contributed by atoms with Crippen LogP contribution in [0.2, 0.25) is 0 Å². The van der Waals surface area contributed by atoms with Gasteiger partial charge in [0.05, 0.1) is 12.0 Å². The minimum atomic E-state index is -0.562. The molecule has 7 aromatic rings. The number of hydrogen-bond acceptors (Lipinski definition) is 4. The third-order valence-electron chi connectivity index (χ3n) is 8.62. The van der Waals surface area contributed by atoms with Crippen molar-refractivity contribution < 1.29 is 0 Å². The van der Waals surface area contributed by atoms with E-state index >= 15 is 0 Å². The lowest BCUT2D eigenvalue weighted by Gasteiger charge is -2.37. The van der Waals surface area contributed by atoms with E-state index in [1.165, 1.54) is 27.8 Å². The van der Waals surface area contributed by atoms with E-state index in [0.29, 0.717) is 0 Å². The first kappa shape index (κ1) is 30.5. The molecule has 0 spiro atoms. The average molecular weight is 632 g/mol. The van der Waals surface area contributed by atoms with Crippen molar-refractivity contribution in [3.63, 3.8) is 0 Å². The minimum Gasteiger partial charge on any atom is -0.319 e. The van der Waals surface area contributed by atoms with Crippen LogP contribution in [0.3, 0.4) is 0 Å². The smallest absolute Gasteiger partial charge is 0.191 e. The van der Waals surface area contributed by atoms with Crippen LogP contribution in [0, 0.1) is 0 Å². The van der Waals surface area contributed by atoms with Gasteiger partial charge in [0.2, 0.25) is 0 Å². The molecule has 0 atom stereocenters. The quantitative estimate of drug-likeness (QED) is 0.0943. The van der Waals surface area contributed by atoms with Gasteiger partial charge in [-0.15, -0.1) is 10.2 Å². The normalized spacial score (nSPS) is 11.5. The highest BCUT2D eigenvalue weighted by molar-refractivity contribution is 7.98. The molecule has 0 aliphatic rings. The van der Waals surface area contributed by atoms with Gasteiger partial charge in [-0.3, -0.25) is 0 Å². The summed E-state index contributed by atoms with van der Waals surface area (Å²) in [6.45, 7) is 0.820. The van der Waals surface area contributed by atoms with Gasteiger partial charge in [-0.2, -0.15) is 0 Å². The monoisotopic (exact) mass is 631 g/mol. The molecule has 0 saturated heterocycles. The van der Waals surface area contributed by atoms with Gasteiger partial charge in [0, 0.05) is 24.9 Å². The summed E-state index contributed by atoms with van der Waals surface area (Å²) in [6, 6.07) is 53.3. The zero-order valence-electron chi connectivity index (χ0n) is 26.3. The SMILES string of the molecule is c1ccc(CSc2nnc(Cc3ccccc3)n2CCCc2cn(C(c3ccccc3)(c3ccccc3)c3ccccc3)cn2)cc1. The Hall–Kier alpha value is -5.20. The van der Waals surface area contributed by atoms with Crippen molar-refractivity contribution >= 4 is 11.8 Å². The van der Waals surface area contributed by atoms with Crippen molar-refractivity contribution in [3.8, 4) is 0 Å². The Kier molecular flexibility index (Phi) is 9.38. The van der Waals surface area contributed by atoms with Gasteiger partial charge in [-0.05, 0) is 40.7 Å². The fourth-order valence-corrected chi connectivity index (χ4v) is 7.30. The van der Waals surface area contributed by atoms with Crippen LogP contribution < -0.4 is 0 Å². The Labute approximate surface area is 281 Å². The molecule has 0 bridgehead atoms. The molecule has 0 aliphatic carbocycles. The molecular weight excluding hydrogens is 595 g/mol. The van der Waals surface area contributed by atoms with E-state index in [4.69, 9.17) is 4.98 Å². The topological polar surface area (TPSA) is 48.5 Å². The largest absolute Gasteiger partial charge is 0.319 e. The predicted molar refractivity (Wildman–Crippen MR) is 190 cm³/mol. The number of imidazole rings is 1. The standard InChI is InChI=1S/C41H37N5S/c1-6-17-33(18-7-1)29-39-43-44-40(47-31-34-19-8-2-9-20-34)46(39)28-16-27-38-30-45(32-42-38)41(35-21-10-3-11-22-35,36-23-12-4-13-24-36)37-25-14-5-15-26-37/h1-15,17-26,30,32H,16,27-29,31H2. The van der Waals surface area contributed by atoms with Gasteiger partial charge >= 0.3 is 0 Å². The summed E-state index contributed by atoms with van der Waals surface area (Å²) in [5.41, 5.74) is 6.59. The zero-order chi connectivity index (χ0) is 31.7. The number of rotatable bonds is 13. The second-order valence-electron chi connectivity index (χ2n) is 11.7. The molecule has 0 amide bonds. The molecule has 0 fully saturated rings. The fourth-order valence-electron chi connectivity index (χ4n) is 6.36. The molecule has 7 rings (SSSR count). The summed E-state index contributed by atoms with van der Waals surface area (Å²) in [7, 11) is 0. The van der Waals surface area contributed by atoms with Gasteiger partial charge in [0.25, 0.3) is 0 Å². The van der Waals surface area contributed by atoms with Crippen molar-refractivity contribution in [2.75, 3.05) is 0 Å². The maximum atomic E-state index is 4.98. The molecule has 0 N–H and O–H groups in total. The Morgan fingerprint density at radius 2 is 1.09 bits per heavy atom. The summed E-state index contributed by atoms with van der Waals surface area (Å²) >= 11 is 1.75. The second-order valence-corrected chi connectivity index (χ2v) is 12.6. The molecule has 6 heteroatoms. The molecule has 0 saturated carbocycles. The molecule has 0 radical (unpaired) electrons. The summed E-state index contributed by atoms with van der Waals surface area (Å²) in [4.78, 5) is 4.98. The van der Waals surface area contributed by atoms with E-state index in [0.717, 1.165) is 48.2 Å². The molecule has 5 nitrogen and oxygen atoms in total. The van der Waals surface area contributed by atoms with Crippen LogP contribution in [0.4, 0.5) is 0 Å². The van der Waals surface area contributed by atoms with Crippen molar-refractivity contribution in [2.45, 2.75) is 42.3 Å². The van der Waals surface area contributed by atoms with Crippen LogP contribution >= 0.6 is 11.8 Å². The highest BCUT2D eigenvalue weighted by Crippen LogP contribution is 2.40. The van der Waals surface area contributed by atoms with Crippen LogP contribution in [0.15, 0.2) is 169 Å². The van der Waals surface area contributed by atoms with Crippen molar-refractivity contribution in [2.24, 2.45) is 0 Å². The van der Waals surface area contributed by atoms with Gasteiger partial charge in [0.15, 0.2) is 5.16 Å². The summed E-state index contributed by atoms with van der Waals surface area (Å²) in [5, 5.41) is 10.3. The molecule has 0 aliphatic heterocycles. The van der Waals surface area contributed by atoms with Crippen LogP contribution in [-0.2, 0) is 30.7 Å². The van der Waals surface area contributed by atoms with E-state index in [-0.39, 0.29) is 0 Å². The highest BCUT2D eigenvalue weighted by atomic mass is 32.2. The first-order chi connectivity index (χ1) is 23.3. The minimum absolute atomic E-state index is 0.562. The van der Waals surface area contributed by atoms with E-state index in [9.17, 15) is 0 Å². The predicted octanol–water partition coefficient (Wildman–Crippen LogP) is 8.83. The van der Waals surface area contributed by atoms with Gasteiger partial charge < -0.3 is 9.13 Å². The van der Waals surface area contributed by atoms with Crippen LogP contribution in [0.5, 0.6) is 0 Å². The zero-order valence-corrected chi connectivity index (χ0v) is 27.1. The van der Waals surface area contributed by atoms with Crippen LogP contribution in [0.25, 0.3) is 0 Å². The Morgan fingerprint density at radius 3 is 1.64 bits per heavy atom. The molecule has 2 heterocycles. The summed E-state index contributed by atoms with van der Waals surface area (Å²) in [6.07, 6.45) is 6.75. The number of benzene rings is 5. The Balaban J connectivity index is 1.17. The number of thioether (sulfide) groups is 1. The third kappa shape index (κ3) is 6.69. The fraction of sp³-hybridized carbons (Fsp3) is 0.146. The summed E-state index contributed by atoms with van der Waals surface area (Å²) < 4.78 is 4.60. The Bertz CT molecular complexity index is 1870. The van der Waals surface area contributed by atoms with Crippen LogP contribution in [-0.4, -0.2) is 24.3 Å². The van der Waals surface area contributed by atoms with Gasteiger partial charge in [-0.25, -0.2) is 4.98 Å². The maximum Gasteiger partial charge on any atom is 0.191 e. The van der Waals surface area contributed by atoms with Gasteiger partial charge in [-0.1, -0.05) is 163 Å². The average Bonchev–Trinajstić information content (AvgIpc) is 3.77. The molecule has 232 valence electrons. The van der Waals surface area contributed by atoms with Crippen LogP contribution in [0.1, 0.15) is 45.8 Å². The molecule has 2 aromatic heterocycles. The second kappa shape index (κ2) is 14.5. The first-order valence-corrected chi connectivity index (χ1v) is 17.1. The van der Waals surface area contributed by atoms with Crippen molar-refractivity contribution in [3.05, 3.63) is 204 Å². The van der Waals surface area contributed by atoms with Crippen molar-refractivity contribution in [1.82, 2.24) is 24.3 Å². The first-order valence-electron chi connectivity index (χ1n) is 16.1. The van der Waals surface area contributed by atoms with Crippen molar-refractivity contribution in [1.29, 1.82) is 0 Å². The molecule has 0 unspecified atom stereocenters. The maximum absolute atomic E-state index is 4.98. The number of nitrogens with zero attached hydrogens (tertiary/aromatic N) is 5. The van der Waals surface area contributed by atoms with E-state index in [1.807, 2.05) is 6.33 Å². The Morgan fingerprint density at radius 1 is 0.574 bits per heavy atom. The molecule has 5 aromatic carbocycles. The lowest BCUT2D eigenvalue weighted by atomic mass is 9.77. The number of aromatic nitrogens is 5. The number of aryl methyl sites for hydroxylation is 1. The number of hydrogen-bond donors (Lipinski definition) is 0. The lowest BCUT2D eigenvalue weighted by Crippen LogP contribution is -2.36. The highest BCUT2D eigenvalue weighted by Gasteiger charge is 2.38. The molecular formula is C41H37N5S.